The third-order valence-electron chi connectivity index (χ3n) is 4.77. The molecule has 0 aliphatic heterocycles. The first-order valence-electron chi connectivity index (χ1n) is 9.52. The smallest absolute Gasteiger partial charge is 0.254 e. The number of amides is 1. The van der Waals surface area contributed by atoms with Crippen molar-refractivity contribution in [3.8, 4) is 0 Å². The van der Waals surface area contributed by atoms with Crippen LogP contribution in [0.15, 0.2) is 71.5 Å². The molecule has 0 aliphatic carbocycles. The van der Waals surface area contributed by atoms with Gasteiger partial charge in [-0.05, 0) is 17.5 Å². The summed E-state index contributed by atoms with van der Waals surface area (Å²) in [7, 11) is 0. The van der Waals surface area contributed by atoms with Crippen molar-refractivity contribution in [2.45, 2.75) is 25.7 Å². The van der Waals surface area contributed by atoms with Crippen molar-refractivity contribution in [2.75, 3.05) is 5.32 Å². The lowest BCUT2D eigenvalue weighted by atomic mass is 9.96. The third kappa shape index (κ3) is 4.08. The zero-order valence-corrected chi connectivity index (χ0v) is 16.0. The van der Waals surface area contributed by atoms with Crippen LogP contribution in [-0.2, 0) is 11.2 Å². The first-order chi connectivity index (χ1) is 14.1. The number of nitrogens with one attached hydrogen (secondary N) is 2. The summed E-state index contributed by atoms with van der Waals surface area (Å²) in [5, 5.41) is 7.33. The predicted octanol–water partition coefficient (Wildman–Crippen LogP) is 3.14. The molecule has 146 valence electrons. The molecule has 7 heteroatoms. The molecule has 1 atom stereocenters. The van der Waals surface area contributed by atoms with Crippen LogP contribution in [0.5, 0.6) is 0 Å². The van der Waals surface area contributed by atoms with E-state index in [4.69, 9.17) is 0 Å². The lowest BCUT2D eigenvalue weighted by molar-refractivity contribution is -0.117. The second-order valence-corrected chi connectivity index (χ2v) is 6.81. The molecule has 0 aliphatic rings. The normalized spacial score (nSPS) is 12.0. The molecule has 0 saturated heterocycles. The molecule has 7 nitrogen and oxygen atoms in total. The maximum absolute atomic E-state index is 12.9. The number of carbonyl (C=O) groups excluding carboxylic acids is 1. The van der Waals surface area contributed by atoms with Gasteiger partial charge in [0.15, 0.2) is 5.82 Å². The fourth-order valence-corrected chi connectivity index (χ4v) is 3.35. The number of fused-ring (bicyclic) bond motifs is 1. The molecule has 0 spiro atoms. The highest BCUT2D eigenvalue weighted by atomic mass is 16.2. The van der Waals surface area contributed by atoms with Crippen molar-refractivity contribution >= 4 is 17.5 Å². The van der Waals surface area contributed by atoms with Gasteiger partial charge in [-0.25, -0.2) is 0 Å². The van der Waals surface area contributed by atoms with Crippen LogP contribution in [0.1, 0.15) is 36.2 Å². The second kappa shape index (κ2) is 8.10. The van der Waals surface area contributed by atoms with Gasteiger partial charge in [0.05, 0.1) is 5.92 Å². The number of hydrogen-bond donors (Lipinski definition) is 2. The SMILES string of the molecule is CCC(C(=O)Nc1cc(=O)[nH]c2nc(Cc3ccccc3)nn12)c1ccccc1. The zero-order chi connectivity index (χ0) is 20.2. The highest BCUT2D eigenvalue weighted by molar-refractivity contribution is 5.95. The second-order valence-electron chi connectivity index (χ2n) is 6.81. The van der Waals surface area contributed by atoms with Crippen molar-refractivity contribution in [3.05, 3.63) is 94.0 Å². The number of anilines is 1. The van der Waals surface area contributed by atoms with Crippen LogP contribution in [0.2, 0.25) is 0 Å². The van der Waals surface area contributed by atoms with E-state index in [-0.39, 0.29) is 17.4 Å². The van der Waals surface area contributed by atoms with Gasteiger partial charge in [0.2, 0.25) is 11.7 Å². The van der Waals surface area contributed by atoms with Crippen molar-refractivity contribution < 1.29 is 4.79 Å². The molecule has 0 saturated carbocycles. The summed E-state index contributed by atoms with van der Waals surface area (Å²) in [4.78, 5) is 32.1. The van der Waals surface area contributed by atoms with Gasteiger partial charge in [0.25, 0.3) is 5.56 Å². The lowest BCUT2D eigenvalue weighted by Crippen LogP contribution is -2.24. The summed E-state index contributed by atoms with van der Waals surface area (Å²) < 4.78 is 1.47. The van der Waals surface area contributed by atoms with E-state index < -0.39 is 0 Å². The molecule has 4 rings (SSSR count). The van der Waals surface area contributed by atoms with E-state index in [1.807, 2.05) is 67.6 Å². The molecule has 2 aromatic heterocycles. The summed E-state index contributed by atoms with van der Waals surface area (Å²) in [5.74, 6) is 0.647. The van der Waals surface area contributed by atoms with Crippen LogP contribution in [-0.4, -0.2) is 25.5 Å². The van der Waals surface area contributed by atoms with Gasteiger partial charge >= 0.3 is 0 Å². The van der Waals surface area contributed by atoms with Crippen molar-refractivity contribution in [1.29, 1.82) is 0 Å². The van der Waals surface area contributed by atoms with E-state index >= 15 is 0 Å². The number of nitrogens with zero attached hydrogens (tertiary/aromatic N) is 3. The summed E-state index contributed by atoms with van der Waals surface area (Å²) >= 11 is 0. The van der Waals surface area contributed by atoms with Crippen LogP contribution in [0.25, 0.3) is 5.78 Å². The first kappa shape index (κ1) is 18.6. The molecule has 4 aromatic rings. The van der Waals surface area contributed by atoms with Gasteiger partial charge < -0.3 is 5.32 Å². The Bertz CT molecular complexity index is 1180. The van der Waals surface area contributed by atoms with Crippen LogP contribution in [0, 0.1) is 0 Å². The van der Waals surface area contributed by atoms with E-state index in [2.05, 4.69) is 20.4 Å². The van der Waals surface area contributed by atoms with E-state index in [1.54, 1.807) is 0 Å². The average molecular weight is 387 g/mol. The quantitative estimate of drug-likeness (QED) is 0.532. The topological polar surface area (TPSA) is 92.1 Å². The van der Waals surface area contributed by atoms with E-state index in [0.29, 0.717) is 30.3 Å². The Hall–Kier alpha value is -3.74. The van der Waals surface area contributed by atoms with Crippen LogP contribution < -0.4 is 10.9 Å². The number of H-pyrrole nitrogens is 1. The molecule has 1 amide bonds. The fraction of sp³-hybridized carbons (Fsp3) is 0.182. The Labute approximate surface area is 167 Å². The molecule has 0 fully saturated rings. The number of benzene rings is 2. The molecular formula is C22H21N5O2. The number of aromatic amines is 1. The van der Waals surface area contributed by atoms with Gasteiger partial charge in [-0.3, -0.25) is 14.6 Å². The maximum Gasteiger partial charge on any atom is 0.254 e. The molecular weight excluding hydrogens is 366 g/mol. The molecule has 2 aromatic carbocycles. The predicted molar refractivity (Wildman–Crippen MR) is 111 cm³/mol. The van der Waals surface area contributed by atoms with Crippen LogP contribution in [0.3, 0.4) is 0 Å². The van der Waals surface area contributed by atoms with Gasteiger partial charge in [-0.15, -0.1) is 5.10 Å². The van der Waals surface area contributed by atoms with E-state index in [0.717, 1.165) is 11.1 Å². The molecule has 2 heterocycles. The number of carbonyl (C=O) groups is 1. The van der Waals surface area contributed by atoms with Crippen LogP contribution >= 0.6 is 0 Å². The van der Waals surface area contributed by atoms with Crippen molar-refractivity contribution in [2.24, 2.45) is 0 Å². The molecule has 0 bridgehead atoms. The summed E-state index contributed by atoms with van der Waals surface area (Å²) in [6.07, 6.45) is 1.17. The summed E-state index contributed by atoms with van der Waals surface area (Å²) in [6, 6.07) is 20.7. The molecule has 0 radical (unpaired) electrons. The van der Waals surface area contributed by atoms with Gasteiger partial charge in [0.1, 0.15) is 5.82 Å². The maximum atomic E-state index is 12.9. The minimum atomic E-state index is -0.348. The Balaban J connectivity index is 1.64. The van der Waals surface area contributed by atoms with Gasteiger partial charge in [-0.2, -0.15) is 9.50 Å². The molecule has 2 N–H and O–H groups in total. The van der Waals surface area contributed by atoms with E-state index in [1.165, 1.54) is 10.6 Å². The van der Waals surface area contributed by atoms with Crippen LogP contribution in [0.4, 0.5) is 5.82 Å². The highest BCUT2D eigenvalue weighted by Gasteiger charge is 2.20. The largest absolute Gasteiger partial charge is 0.310 e. The Kier molecular flexibility index (Phi) is 5.20. The zero-order valence-electron chi connectivity index (χ0n) is 16.0. The minimum Gasteiger partial charge on any atom is -0.310 e. The Morgan fingerprint density at radius 1 is 1.10 bits per heavy atom. The average Bonchev–Trinajstić information content (AvgIpc) is 3.12. The number of aromatic nitrogens is 4. The molecule has 29 heavy (non-hydrogen) atoms. The Morgan fingerprint density at radius 2 is 1.79 bits per heavy atom. The van der Waals surface area contributed by atoms with Crippen molar-refractivity contribution in [1.82, 2.24) is 19.6 Å². The minimum absolute atomic E-state index is 0.189. The van der Waals surface area contributed by atoms with Crippen molar-refractivity contribution in [3.63, 3.8) is 0 Å². The highest BCUT2D eigenvalue weighted by Crippen LogP contribution is 2.21. The molecule has 1 unspecified atom stereocenters. The Morgan fingerprint density at radius 3 is 2.48 bits per heavy atom. The standard InChI is InChI=1S/C22H21N5O2/c1-2-17(16-11-7-4-8-12-16)21(29)24-19-14-20(28)25-22-23-18(26-27(19)22)13-15-9-5-3-6-10-15/h3-12,14,17H,2,13H2,1H3,(H,24,29)(H,23,25,26,28). The lowest BCUT2D eigenvalue weighted by Gasteiger charge is -2.15. The number of hydrogen-bond acceptors (Lipinski definition) is 4. The fourth-order valence-electron chi connectivity index (χ4n) is 3.35. The van der Waals surface area contributed by atoms with Gasteiger partial charge in [-0.1, -0.05) is 67.6 Å². The monoisotopic (exact) mass is 387 g/mol. The summed E-state index contributed by atoms with van der Waals surface area (Å²) in [6.45, 7) is 1.96. The van der Waals surface area contributed by atoms with Gasteiger partial charge in [0, 0.05) is 12.5 Å². The summed E-state index contributed by atoms with van der Waals surface area (Å²) in [5.41, 5.74) is 1.64. The van der Waals surface area contributed by atoms with E-state index in [9.17, 15) is 9.59 Å². The first-order valence-corrected chi connectivity index (χ1v) is 9.52. The number of rotatable bonds is 6. The third-order valence-corrected chi connectivity index (χ3v) is 4.77.